The fraction of sp³-hybridized carbons (Fsp3) is 0.643. The fourth-order valence-electron chi connectivity index (χ4n) is 2.35. The molecule has 18 heavy (non-hydrogen) atoms. The third-order valence-corrected chi connectivity index (χ3v) is 3.51. The van der Waals surface area contributed by atoms with E-state index < -0.39 is 0 Å². The Kier molecular flexibility index (Phi) is 4.96. The Labute approximate surface area is 109 Å². The van der Waals surface area contributed by atoms with Gasteiger partial charge in [0.25, 0.3) is 0 Å². The number of hydrogen-bond acceptors (Lipinski definition) is 4. The van der Waals surface area contributed by atoms with Crippen molar-refractivity contribution < 1.29 is 4.74 Å². The van der Waals surface area contributed by atoms with Crippen LogP contribution >= 0.6 is 0 Å². The van der Waals surface area contributed by atoms with E-state index in [0.29, 0.717) is 0 Å². The summed E-state index contributed by atoms with van der Waals surface area (Å²) in [6, 6.07) is 3.93. The lowest BCUT2D eigenvalue weighted by Gasteiger charge is -2.27. The van der Waals surface area contributed by atoms with Crippen LogP contribution in [0.25, 0.3) is 0 Å². The van der Waals surface area contributed by atoms with Gasteiger partial charge in [0.15, 0.2) is 0 Å². The average molecular weight is 249 g/mol. The Morgan fingerprint density at radius 2 is 2.17 bits per heavy atom. The number of hydrogen-bond donors (Lipinski definition) is 1. The normalized spacial score (nSPS) is 17.2. The number of rotatable bonds is 5. The first kappa shape index (κ1) is 13.3. The molecule has 2 rings (SSSR count). The lowest BCUT2D eigenvalue weighted by Crippen LogP contribution is -2.31. The van der Waals surface area contributed by atoms with Crippen molar-refractivity contribution in [3.8, 4) is 0 Å². The minimum atomic E-state index is 0.731. The van der Waals surface area contributed by atoms with E-state index in [2.05, 4.69) is 16.9 Å². The molecule has 0 bridgehead atoms. The summed E-state index contributed by atoms with van der Waals surface area (Å²) >= 11 is 0. The first-order chi connectivity index (χ1) is 8.74. The zero-order valence-corrected chi connectivity index (χ0v) is 11.1. The molecule has 1 aromatic rings. The van der Waals surface area contributed by atoms with Gasteiger partial charge in [0.05, 0.1) is 11.9 Å². The second kappa shape index (κ2) is 6.71. The third-order valence-electron chi connectivity index (χ3n) is 3.51. The van der Waals surface area contributed by atoms with E-state index in [-0.39, 0.29) is 0 Å². The minimum Gasteiger partial charge on any atom is -0.397 e. The summed E-state index contributed by atoms with van der Waals surface area (Å²) in [5.74, 6) is 0.795. The molecule has 0 aromatic carbocycles. The van der Waals surface area contributed by atoms with Crippen molar-refractivity contribution in [2.24, 2.45) is 5.92 Å². The van der Waals surface area contributed by atoms with Crippen LogP contribution in [0.5, 0.6) is 0 Å². The van der Waals surface area contributed by atoms with Gasteiger partial charge in [-0.2, -0.15) is 0 Å². The minimum absolute atomic E-state index is 0.731. The Balaban J connectivity index is 1.70. The number of nitrogens with zero attached hydrogens (tertiary/aromatic N) is 2. The topological polar surface area (TPSA) is 51.4 Å². The first-order valence-corrected chi connectivity index (χ1v) is 6.71. The predicted molar refractivity (Wildman–Crippen MR) is 73.4 cm³/mol. The van der Waals surface area contributed by atoms with Gasteiger partial charge in [-0.3, -0.25) is 4.98 Å². The Bertz CT molecular complexity index is 347. The van der Waals surface area contributed by atoms with E-state index in [1.165, 1.54) is 19.4 Å². The second-order valence-electron chi connectivity index (χ2n) is 5.15. The maximum atomic E-state index is 5.62. The molecule has 0 aliphatic carbocycles. The molecule has 0 atom stereocenters. The van der Waals surface area contributed by atoms with Crippen LogP contribution in [0, 0.1) is 5.92 Å². The molecule has 0 amide bonds. The summed E-state index contributed by atoms with van der Waals surface area (Å²) in [6.07, 6.45) is 5.11. The Morgan fingerprint density at radius 3 is 2.83 bits per heavy atom. The molecule has 0 radical (unpaired) electrons. The van der Waals surface area contributed by atoms with Gasteiger partial charge in [0.1, 0.15) is 0 Å². The van der Waals surface area contributed by atoms with Crippen molar-refractivity contribution in [2.45, 2.75) is 19.3 Å². The maximum absolute atomic E-state index is 5.62. The number of pyridine rings is 1. The highest BCUT2D eigenvalue weighted by Gasteiger charge is 2.15. The smallest absolute Gasteiger partial charge is 0.0501 e. The molecule has 4 heteroatoms. The quantitative estimate of drug-likeness (QED) is 0.860. The maximum Gasteiger partial charge on any atom is 0.0501 e. The molecule has 1 saturated heterocycles. The van der Waals surface area contributed by atoms with Gasteiger partial charge in [-0.05, 0) is 37.9 Å². The van der Waals surface area contributed by atoms with E-state index in [4.69, 9.17) is 10.5 Å². The zero-order chi connectivity index (χ0) is 12.8. The molecule has 1 aliphatic rings. The summed E-state index contributed by atoms with van der Waals surface area (Å²) in [5, 5.41) is 0. The number of nitrogen functional groups attached to an aromatic ring is 1. The first-order valence-electron chi connectivity index (χ1n) is 6.71. The van der Waals surface area contributed by atoms with E-state index in [0.717, 1.165) is 43.5 Å². The lowest BCUT2D eigenvalue weighted by molar-refractivity contribution is 0.0558. The van der Waals surface area contributed by atoms with Crippen molar-refractivity contribution in [3.05, 3.63) is 24.0 Å². The van der Waals surface area contributed by atoms with Gasteiger partial charge in [-0.15, -0.1) is 0 Å². The summed E-state index contributed by atoms with van der Waals surface area (Å²) in [5.41, 5.74) is 7.47. The molecule has 4 nitrogen and oxygen atoms in total. The summed E-state index contributed by atoms with van der Waals surface area (Å²) in [6.45, 7) is 4.07. The van der Waals surface area contributed by atoms with Crippen LogP contribution in [0.2, 0.25) is 0 Å². The largest absolute Gasteiger partial charge is 0.397 e. The molecule has 0 unspecified atom stereocenters. The van der Waals surface area contributed by atoms with E-state index in [9.17, 15) is 0 Å². The molecule has 0 saturated carbocycles. The average Bonchev–Trinajstić information content (AvgIpc) is 2.39. The van der Waals surface area contributed by atoms with Crippen LogP contribution < -0.4 is 5.73 Å². The number of aromatic nitrogens is 1. The van der Waals surface area contributed by atoms with Gasteiger partial charge in [-0.1, -0.05) is 0 Å². The Hall–Kier alpha value is -1.13. The molecule has 1 fully saturated rings. The third kappa shape index (κ3) is 4.27. The highest BCUT2D eigenvalue weighted by molar-refractivity contribution is 5.34. The van der Waals surface area contributed by atoms with Gasteiger partial charge >= 0.3 is 0 Å². The van der Waals surface area contributed by atoms with Crippen molar-refractivity contribution in [1.82, 2.24) is 9.88 Å². The van der Waals surface area contributed by atoms with E-state index >= 15 is 0 Å². The Morgan fingerprint density at radius 1 is 1.39 bits per heavy atom. The second-order valence-corrected chi connectivity index (χ2v) is 5.15. The predicted octanol–water partition coefficient (Wildman–Crippen LogP) is 1.56. The van der Waals surface area contributed by atoms with Crippen LogP contribution in [0.3, 0.4) is 0 Å². The van der Waals surface area contributed by atoms with Crippen LogP contribution in [0.1, 0.15) is 18.5 Å². The number of anilines is 1. The number of likely N-dealkylation sites (N-methyl/N-ethyl adjacent to an activating group) is 1. The van der Waals surface area contributed by atoms with Gasteiger partial charge in [0, 0.05) is 38.4 Å². The zero-order valence-electron chi connectivity index (χ0n) is 11.1. The molecule has 1 aliphatic heterocycles. The van der Waals surface area contributed by atoms with E-state index in [1.54, 1.807) is 6.20 Å². The summed E-state index contributed by atoms with van der Waals surface area (Å²) < 4.78 is 5.38. The van der Waals surface area contributed by atoms with Crippen LogP contribution in [0.4, 0.5) is 5.69 Å². The molecule has 0 spiro atoms. The highest BCUT2D eigenvalue weighted by atomic mass is 16.5. The molecule has 100 valence electrons. The van der Waals surface area contributed by atoms with E-state index in [1.807, 2.05) is 12.1 Å². The van der Waals surface area contributed by atoms with Crippen molar-refractivity contribution in [3.63, 3.8) is 0 Å². The molecular weight excluding hydrogens is 226 g/mol. The monoisotopic (exact) mass is 249 g/mol. The fourth-order valence-corrected chi connectivity index (χ4v) is 2.35. The molecule has 2 heterocycles. The molecule has 1 aromatic heterocycles. The van der Waals surface area contributed by atoms with Crippen LogP contribution in [0.15, 0.2) is 18.3 Å². The van der Waals surface area contributed by atoms with Crippen molar-refractivity contribution in [2.75, 3.05) is 39.1 Å². The lowest BCUT2D eigenvalue weighted by atomic mass is 10.00. The van der Waals surface area contributed by atoms with Gasteiger partial charge in [-0.25, -0.2) is 0 Å². The summed E-state index contributed by atoms with van der Waals surface area (Å²) in [7, 11) is 2.19. The summed E-state index contributed by atoms with van der Waals surface area (Å²) in [4.78, 5) is 6.72. The van der Waals surface area contributed by atoms with Gasteiger partial charge < -0.3 is 15.4 Å². The standard InChI is InChI=1S/C14H23N3O/c1-17(11-12-5-8-18-9-6-12)7-4-14-3-2-13(15)10-16-14/h2-3,10,12H,4-9,11,15H2,1H3. The SMILES string of the molecule is CN(CCc1ccc(N)cn1)CC1CCOCC1. The van der Waals surface area contributed by atoms with Crippen molar-refractivity contribution >= 4 is 5.69 Å². The molecule has 2 N–H and O–H groups in total. The number of ether oxygens (including phenoxy) is 1. The van der Waals surface area contributed by atoms with Gasteiger partial charge in [0.2, 0.25) is 0 Å². The van der Waals surface area contributed by atoms with Crippen LogP contribution in [-0.4, -0.2) is 43.2 Å². The molecular formula is C14H23N3O. The van der Waals surface area contributed by atoms with Crippen LogP contribution in [-0.2, 0) is 11.2 Å². The number of nitrogens with two attached hydrogens (primary N) is 1. The van der Waals surface area contributed by atoms with Crippen molar-refractivity contribution in [1.29, 1.82) is 0 Å². The highest BCUT2D eigenvalue weighted by Crippen LogP contribution is 2.15.